The van der Waals surface area contributed by atoms with Gasteiger partial charge in [-0.05, 0) is 25.8 Å². The molecule has 8 heteroatoms. The van der Waals surface area contributed by atoms with Gasteiger partial charge in [0.15, 0.2) is 4.90 Å². The van der Waals surface area contributed by atoms with Gasteiger partial charge in [-0.3, -0.25) is 10.1 Å². The Morgan fingerprint density at radius 1 is 1.43 bits per heavy atom. The predicted molar refractivity (Wildman–Crippen MR) is 78.6 cm³/mol. The molecule has 0 fully saturated rings. The Morgan fingerprint density at radius 2 is 2.05 bits per heavy atom. The Kier molecular flexibility index (Phi) is 5.43. The highest BCUT2D eigenvalue weighted by molar-refractivity contribution is 7.89. The SMILES string of the molecule is CCCC(C)(O)CNS(=O)(=O)c1c(C)cccc1[N+](=O)[O-]. The van der Waals surface area contributed by atoms with Gasteiger partial charge in [-0.15, -0.1) is 0 Å². The second kappa shape index (κ2) is 6.50. The van der Waals surface area contributed by atoms with Crippen LogP contribution in [0, 0.1) is 17.0 Å². The minimum absolute atomic E-state index is 0.200. The van der Waals surface area contributed by atoms with Crippen LogP contribution in [0.25, 0.3) is 0 Å². The smallest absolute Gasteiger partial charge is 0.289 e. The molecule has 1 aromatic carbocycles. The molecule has 1 aromatic rings. The van der Waals surface area contributed by atoms with Crippen molar-refractivity contribution in [1.29, 1.82) is 0 Å². The number of sulfonamides is 1. The van der Waals surface area contributed by atoms with Gasteiger partial charge in [-0.25, -0.2) is 13.1 Å². The monoisotopic (exact) mass is 316 g/mol. The Labute approximate surface area is 124 Å². The van der Waals surface area contributed by atoms with Crippen LogP contribution in [0.3, 0.4) is 0 Å². The maximum Gasteiger partial charge on any atom is 0.289 e. The summed E-state index contributed by atoms with van der Waals surface area (Å²) in [6.07, 6.45) is 1.12. The lowest BCUT2D eigenvalue weighted by molar-refractivity contribution is -0.387. The van der Waals surface area contributed by atoms with Gasteiger partial charge < -0.3 is 5.11 Å². The van der Waals surface area contributed by atoms with Crippen molar-refractivity contribution in [3.63, 3.8) is 0 Å². The third-order valence-corrected chi connectivity index (χ3v) is 4.68. The third kappa shape index (κ3) is 4.48. The summed E-state index contributed by atoms with van der Waals surface area (Å²) in [7, 11) is -4.07. The van der Waals surface area contributed by atoms with Crippen LogP contribution in [0.1, 0.15) is 32.3 Å². The second-order valence-electron chi connectivity index (χ2n) is 5.25. The first-order valence-corrected chi connectivity index (χ1v) is 8.05. The van der Waals surface area contributed by atoms with Crippen molar-refractivity contribution < 1.29 is 18.4 Å². The van der Waals surface area contributed by atoms with E-state index in [0.717, 1.165) is 6.07 Å². The Bertz CT molecular complexity index is 625. The molecular formula is C13H20N2O5S. The fourth-order valence-corrected chi connectivity index (χ4v) is 3.64. The number of aliphatic hydroxyl groups is 1. The van der Waals surface area contributed by atoms with Crippen LogP contribution in [0.4, 0.5) is 5.69 Å². The van der Waals surface area contributed by atoms with Crippen molar-refractivity contribution in [3.8, 4) is 0 Å². The molecule has 1 rings (SSSR count). The molecule has 118 valence electrons. The quantitative estimate of drug-likeness (QED) is 0.588. The van der Waals surface area contributed by atoms with Crippen LogP contribution < -0.4 is 4.72 Å². The fraction of sp³-hybridized carbons (Fsp3) is 0.538. The van der Waals surface area contributed by atoms with E-state index < -0.39 is 26.2 Å². The van der Waals surface area contributed by atoms with E-state index >= 15 is 0 Å². The summed E-state index contributed by atoms with van der Waals surface area (Å²) in [5, 5.41) is 21.0. The highest BCUT2D eigenvalue weighted by atomic mass is 32.2. The molecule has 0 radical (unpaired) electrons. The third-order valence-electron chi connectivity index (χ3n) is 3.09. The number of nitro benzene ring substituents is 1. The van der Waals surface area contributed by atoms with Gasteiger partial charge in [-0.1, -0.05) is 25.5 Å². The summed E-state index contributed by atoms with van der Waals surface area (Å²) in [5.41, 5.74) is -1.39. The molecule has 0 bridgehead atoms. The Hall–Kier alpha value is -1.51. The fourth-order valence-electron chi connectivity index (χ4n) is 2.08. The van der Waals surface area contributed by atoms with E-state index in [4.69, 9.17) is 0 Å². The van der Waals surface area contributed by atoms with Gasteiger partial charge in [0.05, 0.1) is 10.5 Å². The van der Waals surface area contributed by atoms with E-state index in [9.17, 15) is 23.6 Å². The average Bonchev–Trinajstić information content (AvgIpc) is 2.36. The van der Waals surface area contributed by atoms with Crippen LogP contribution in [0.15, 0.2) is 23.1 Å². The van der Waals surface area contributed by atoms with Gasteiger partial charge in [0.1, 0.15) is 0 Å². The molecule has 0 saturated heterocycles. The largest absolute Gasteiger partial charge is 0.389 e. The van der Waals surface area contributed by atoms with E-state index in [2.05, 4.69) is 4.72 Å². The summed E-state index contributed by atoms with van der Waals surface area (Å²) < 4.78 is 26.9. The van der Waals surface area contributed by atoms with Gasteiger partial charge in [0, 0.05) is 12.6 Å². The number of aryl methyl sites for hydroxylation is 1. The van der Waals surface area contributed by atoms with E-state index in [-0.39, 0.29) is 17.0 Å². The molecule has 0 amide bonds. The number of rotatable bonds is 7. The summed E-state index contributed by atoms with van der Waals surface area (Å²) in [4.78, 5) is 9.90. The maximum absolute atomic E-state index is 12.3. The van der Waals surface area contributed by atoms with Gasteiger partial charge in [0.25, 0.3) is 5.69 Å². The minimum Gasteiger partial charge on any atom is -0.389 e. The summed E-state index contributed by atoms with van der Waals surface area (Å²) in [5.74, 6) is 0. The van der Waals surface area contributed by atoms with Crippen molar-refractivity contribution in [2.75, 3.05) is 6.54 Å². The van der Waals surface area contributed by atoms with Gasteiger partial charge >= 0.3 is 0 Å². The molecule has 21 heavy (non-hydrogen) atoms. The first-order valence-electron chi connectivity index (χ1n) is 6.57. The van der Waals surface area contributed by atoms with Crippen molar-refractivity contribution in [2.24, 2.45) is 0 Å². The van der Waals surface area contributed by atoms with E-state index in [1.165, 1.54) is 26.0 Å². The molecule has 0 heterocycles. The second-order valence-corrected chi connectivity index (χ2v) is 6.96. The van der Waals surface area contributed by atoms with Crippen LogP contribution in [-0.2, 0) is 10.0 Å². The summed E-state index contributed by atoms with van der Waals surface area (Å²) in [6.45, 7) is 4.68. The van der Waals surface area contributed by atoms with E-state index in [1.54, 1.807) is 0 Å². The number of benzene rings is 1. The predicted octanol–water partition coefficient (Wildman–Crippen LogP) is 1.73. The number of hydrogen-bond acceptors (Lipinski definition) is 5. The summed E-state index contributed by atoms with van der Waals surface area (Å²) in [6, 6.07) is 4.07. The van der Waals surface area contributed by atoms with Crippen LogP contribution in [0.5, 0.6) is 0 Å². The van der Waals surface area contributed by atoms with E-state index in [0.29, 0.717) is 12.8 Å². The summed E-state index contributed by atoms with van der Waals surface area (Å²) >= 11 is 0. The molecule has 0 aliphatic carbocycles. The van der Waals surface area contributed by atoms with Gasteiger partial charge in [0.2, 0.25) is 10.0 Å². The molecule has 1 atom stereocenters. The Balaban J connectivity index is 3.12. The van der Waals surface area contributed by atoms with Crippen molar-refractivity contribution in [1.82, 2.24) is 4.72 Å². The van der Waals surface area contributed by atoms with Crippen molar-refractivity contribution in [2.45, 2.75) is 44.1 Å². The maximum atomic E-state index is 12.3. The van der Waals surface area contributed by atoms with Gasteiger partial charge in [-0.2, -0.15) is 0 Å². The molecular weight excluding hydrogens is 296 g/mol. The lowest BCUT2D eigenvalue weighted by Crippen LogP contribution is -2.40. The molecule has 1 unspecified atom stereocenters. The van der Waals surface area contributed by atoms with Crippen LogP contribution in [-0.4, -0.2) is 30.6 Å². The lowest BCUT2D eigenvalue weighted by atomic mass is 10.0. The van der Waals surface area contributed by atoms with Crippen LogP contribution in [0.2, 0.25) is 0 Å². The number of hydrogen-bond donors (Lipinski definition) is 2. The zero-order chi connectivity index (χ0) is 16.3. The molecule has 0 aliphatic heterocycles. The zero-order valence-corrected chi connectivity index (χ0v) is 13.1. The topological polar surface area (TPSA) is 110 Å². The minimum atomic E-state index is -4.07. The molecule has 0 aromatic heterocycles. The average molecular weight is 316 g/mol. The molecule has 7 nitrogen and oxygen atoms in total. The van der Waals surface area contributed by atoms with Crippen molar-refractivity contribution >= 4 is 15.7 Å². The number of nitro groups is 1. The first kappa shape index (κ1) is 17.5. The van der Waals surface area contributed by atoms with E-state index in [1.807, 2.05) is 6.92 Å². The normalized spacial score (nSPS) is 14.7. The highest BCUT2D eigenvalue weighted by Gasteiger charge is 2.30. The molecule has 0 spiro atoms. The number of nitrogens with one attached hydrogen (secondary N) is 1. The molecule has 0 aliphatic rings. The zero-order valence-electron chi connectivity index (χ0n) is 12.3. The molecule has 2 N–H and O–H groups in total. The Morgan fingerprint density at radius 3 is 2.57 bits per heavy atom. The van der Waals surface area contributed by atoms with Crippen LogP contribution >= 0.6 is 0 Å². The standard InChI is InChI=1S/C13H20N2O5S/c1-4-8-13(3,16)9-14-21(19,20)12-10(2)6-5-7-11(12)15(17)18/h5-7,14,16H,4,8-9H2,1-3H3. The lowest BCUT2D eigenvalue weighted by Gasteiger charge is -2.23. The highest BCUT2D eigenvalue weighted by Crippen LogP contribution is 2.27. The molecule has 0 saturated carbocycles. The first-order chi connectivity index (χ1) is 9.60. The van der Waals surface area contributed by atoms with Crippen molar-refractivity contribution in [3.05, 3.63) is 33.9 Å². The number of nitrogens with zero attached hydrogens (tertiary/aromatic N) is 1.